The van der Waals surface area contributed by atoms with Crippen molar-refractivity contribution < 1.29 is 9.53 Å². The van der Waals surface area contributed by atoms with Crippen LogP contribution in [0.4, 0.5) is 0 Å². The Morgan fingerprint density at radius 3 is 2.76 bits per heavy atom. The van der Waals surface area contributed by atoms with E-state index in [4.69, 9.17) is 15.9 Å². The average Bonchev–Trinajstić information content (AvgIpc) is 2.27. The fourth-order valence-electron chi connectivity index (χ4n) is 0.989. The van der Waals surface area contributed by atoms with Gasteiger partial charge in [-0.1, -0.05) is 11.8 Å². The van der Waals surface area contributed by atoms with Crippen LogP contribution < -0.4 is 5.73 Å². The number of thioether (sulfide) groups is 1. The minimum absolute atomic E-state index is 0. The summed E-state index contributed by atoms with van der Waals surface area (Å²) in [5.74, 6) is -0.174. The van der Waals surface area contributed by atoms with E-state index in [1.54, 1.807) is 6.92 Å². The molecule has 0 aliphatic carbocycles. The van der Waals surface area contributed by atoms with Gasteiger partial charge in [0.15, 0.2) is 10.9 Å². The van der Waals surface area contributed by atoms with Gasteiger partial charge < -0.3 is 10.5 Å². The molecule has 0 unspecified atom stereocenters. The van der Waals surface area contributed by atoms with E-state index in [1.165, 1.54) is 12.4 Å². The molecule has 1 rings (SSSR count). The Morgan fingerprint density at radius 2 is 2.18 bits per heavy atom. The van der Waals surface area contributed by atoms with Crippen molar-refractivity contribution in [3.63, 3.8) is 0 Å². The number of nitrogens with one attached hydrogen (secondary N) is 1. The van der Waals surface area contributed by atoms with Gasteiger partial charge in [-0.25, -0.2) is 9.78 Å². The first-order valence-electron chi connectivity index (χ1n) is 4.59. The van der Waals surface area contributed by atoms with E-state index in [0.717, 1.165) is 11.8 Å². The highest BCUT2D eigenvalue weighted by atomic mass is 79.9. The number of halogens is 1. The van der Waals surface area contributed by atoms with E-state index < -0.39 is 5.97 Å². The minimum Gasteiger partial charge on any atom is -0.461 e. The number of aromatic nitrogens is 2. The van der Waals surface area contributed by atoms with Crippen LogP contribution in [0.25, 0.3) is 0 Å². The number of nitrogens with zero attached hydrogens (tertiary/aromatic N) is 2. The minimum atomic E-state index is -0.505. The first-order chi connectivity index (χ1) is 7.65. The molecular formula is C9H13BrN4O2S. The Labute approximate surface area is 114 Å². The van der Waals surface area contributed by atoms with Crippen LogP contribution in [0.2, 0.25) is 0 Å². The Balaban J connectivity index is 0.00000256. The molecule has 0 radical (unpaired) electrons. The van der Waals surface area contributed by atoms with Crippen molar-refractivity contribution in [1.29, 1.82) is 5.41 Å². The third kappa shape index (κ3) is 5.14. The van der Waals surface area contributed by atoms with Crippen LogP contribution in [0.1, 0.15) is 23.1 Å². The van der Waals surface area contributed by atoms with Crippen molar-refractivity contribution in [3.05, 3.63) is 23.8 Å². The Kier molecular flexibility index (Phi) is 7.47. The summed E-state index contributed by atoms with van der Waals surface area (Å²) in [5.41, 5.74) is 5.86. The van der Waals surface area contributed by atoms with Crippen LogP contribution in [-0.2, 0) is 10.5 Å². The van der Waals surface area contributed by atoms with Crippen molar-refractivity contribution >= 4 is 39.9 Å². The molecule has 6 nitrogen and oxygen atoms in total. The lowest BCUT2D eigenvalue weighted by Crippen LogP contribution is -2.12. The van der Waals surface area contributed by atoms with Crippen molar-refractivity contribution in [3.8, 4) is 0 Å². The number of hydrogen-bond donors (Lipinski definition) is 2. The van der Waals surface area contributed by atoms with E-state index >= 15 is 0 Å². The van der Waals surface area contributed by atoms with Crippen LogP contribution in [0.3, 0.4) is 0 Å². The zero-order valence-corrected chi connectivity index (χ0v) is 11.7. The van der Waals surface area contributed by atoms with Gasteiger partial charge in [0.2, 0.25) is 0 Å². The van der Waals surface area contributed by atoms with Gasteiger partial charge in [-0.2, -0.15) is 0 Å². The SMILES string of the molecule is Br.CCOC(=O)c1nccnc1CSC(=N)N. The highest BCUT2D eigenvalue weighted by molar-refractivity contribution is 8.93. The predicted molar refractivity (Wildman–Crippen MR) is 71.5 cm³/mol. The smallest absolute Gasteiger partial charge is 0.358 e. The van der Waals surface area contributed by atoms with Crippen LogP contribution >= 0.6 is 28.7 Å². The first-order valence-corrected chi connectivity index (χ1v) is 5.57. The number of ether oxygens (including phenoxy) is 1. The van der Waals surface area contributed by atoms with Gasteiger partial charge in [-0.05, 0) is 6.92 Å². The van der Waals surface area contributed by atoms with E-state index in [2.05, 4.69) is 9.97 Å². The molecule has 3 N–H and O–H groups in total. The monoisotopic (exact) mass is 320 g/mol. The molecule has 8 heteroatoms. The first kappa shape index (κ1) is 15.9. The topological polar surface area (TPSA) is 102 Å². The lowest BCUT2D eigenvalue weighted by molar-refractivity contribution is 0.0517. The number of carbonyl (C=O) groups is 1. The summed E-state index contributed by atoms with van der Waals surface area (Å²) in [6.45, 7) is 2.01. The lowest BCUT2D eigenvalue weighted by atomic mass is 10.3. The van der Waals surface area contributed by atoms with Crippen molar-refractivity contribution in [1.82, 2.24) is 9.97 Å². The molecule has 0 aliphatic rings. The van der Waals surface area contributed by atoms with Crippen molar-refractivity contribution in [2.75, 3.05) is 6.61 Å². The highest BCUT2D eigenvalue weighted by Crippen LogP contribution is 2.12. The van der Waals surface area contributed by atoms with Crippen LogP contribution in [-0.4, -0.2) is 27.7 Å². The highest BCUT2D eigenvalue weighted by Gasteiger charge is 2.15. The molecule has 17 heavy (non-hydrogen) atoms. The van der Waals surface area contributed by atoms with E-state index in [0.29, 0.717) is 11.4 Å². The number of nitrogens with two attached hydrogens (primary N) is 1. The molecule has 0 fully saturated rings. The Bertz CT molecular complexity index is 402. The molecular weight excluding hydrogens is 308 g/mol. The summed E-state index contributed by atoms with van der Waals surface area (Å²) >= 11 is 1.08. The van der Waals surface area contributed by atoms with E-state index in [1.807, 2.05) is 0 Å². The molecule has 0 aromatic carbocycles. The second-order valence-electron chi connectivity index (χ2n) is 2.73. The normalized spacial score (nSPS) is 9.24. The molecule has 1 aromatic heterocycles. The van der Waals surface area contributed by atoms with E-state index in [9.17, 15) is 4.79 Å². The number of carbonyl (C=O) groups excluding carboxylic acids is 1. The maximum Gasteiger partial charge on any atom is 0.358 e. The molecule has 0 bridgehead atoms. The summed E-state index contributed by atoms with van der Waals surface area (Å²) in [5, 5.41) is 7.05. The summed E-state index contributed by atoms with van der Waals surface area (Å²) in [6, 6.07) is 0. The maximum atomic E-state index is 11.5. The summed E-state index contributed by atoms with van der Waals surface area (Å²) in [6.07, 6.45) is 2.91. The fraction of sp³-hybridized carbons (Fsp3) is 0.333. The lowest BCUT2D eigenvalue weighted by Gasteiger charge is -2.05. The molecule has 0 spiro atoms. The van der Waals surface area contributed by atoms with Gasteiger partial charge in [0, 0.05) is 18.1 Å². The maximum absolute atomic E-state index is 11.5. The summed E-state index contributed by atoms with van der Waals surface area (Å²) in [7, 11) is 0. The summed E-state index contributed by atoms with van der Waals surface area (Å²) < 4.78 is 4.84. The largest absolute Gasteiger partial charge is 0.461 e. The third-order valence-electron chi connectivity index (χ3n) is 1.61. The van der Waals surface area contributed by atoms with Gasteiger partial charge in [0.05, 0.1) is 12.3 Å². The standard InChI is InChI=1S/C9H12N4O2S.BrH/c1-2-15-8(14)7-6(5-16-9(10)11)12-3-4-13-7;/h3-4H,2,5H2,1H3,(H3,10,11);1H. The zero-order valence-electron chi connectivity index (χ0n) is 9.17. The van der Waals surface area contributed by atoms with Crippen LogP contribution in [0.15, 0.2) is 12.4 Å². The molecule has 0 aliphatic heterocycles. The number of hydrogen-bond acceptors (Lipinski definition) is 6. The molecule has 0 atom stereocenters. The zero-order chi connectivity index (χ0) is 12.0. The number of rotatable bonds is 4. The van der Waals surface area contributed by atoms with Gasteiger partial charge in [0.25, 0.3) is 0 Å². The van der Waals surface area contributed by atoms with Gasteiger partial charge in [0.1, 0.15) is 0 Å². The Morgan fingerprint density at radius 1 is 1.53 bits per heavy atom. The Hall–Kier alpha value is -1.15. The molecule has 0 amide bonds. The van der Waals surface area contributed by atoms with Crippen LogP contribution in [0, 0.1) is 5.41 Å². The van der Waals surface area contributed by atoms with Gasteiger partial charge in [-0.3, -0.25) is 10.4 Å². The average molecular weight is 321 g/mol. The second-order valence-corrected chi connectivity index (χ2v) is 3.74. The number of amidine groups is 1. The quantitative estimate of drug-likeness (QED) is 0.493. The third-order valence-corrected chi connectivity index (χ3v) is 2.34. The molecule has 1 heterocycles. The second kappa shape index (κ2) is 8.02. The predicted octanol–water partition coefficient (Wildman–Crippen LogP) is 1.36. The van der Waals surface area contributed by atoms with Crippen molar-refractivity contribution in [2.45, 2.75) is 12.7 Å². The van der Waals surface area contributed by atoms with Crippen molar-refractivity contribution in [2.24, 2.45) is 5.73 Å². The molecule has 0 saturated carbocycles. The molecule has 1 aromatic rings. The molecule has 0 saturated heterocycles. The van der Waals surface area contributed by atoms with E-state index in [-0.39, 0.29) is 34.4 Å². The number of esters is 1. The van der Waals surface area contributed by atoms with Gasteiger partial charge >= 0.3 is 5.97 Å². The molecule has 94 valence electrons. The van der Waals surface area contributed by atoms with Gasteiger partial charge in [-0.15, -0.1) is 17.0 Å². The summed E-state index contributed by atoms with van der Waals surface area (Å²) in [4.78, 5) is 19.4. The fourth-order valence-corrected chi connectivity index (χ4v) is 1.49. The van der Waals surface area contributed by atoms with Crippen LogP contribution in [0.5, 0.6) is 0 Å².